The zero-order valence-electron chi connectivity index (χ0n) is 27.0. The third-order valence-electron chi connectivity index (χ3n) is 8.34. The molecule has 7 rings (SSSR count). The van der Waals surface area contributed by atoms with Gasteiger partial charge >= 0.3 is 21.1 Å². The molecule has 0 aliphatic carbocycles. The molecule has 3 aromatic heterocycles. The van der Waals surface area contributed by atoms with Crippen molar-refractivity contribution in [1.29, 1.82) is 0 Å². The molecule has 0 unspecified atom stereocenters. The Morgan fingerprint density at radius 2 is 1.62 bits per heavy atom. The maximum absolute atomic E-state index is 14.2. The van der Waals surface area contributed by atoms with Gasteiger partial charge in [-0.3, -0.25) is 4.68 Å². The molecule has 0 fully saturated rings. The molecule has 5 nitrogen and oxygen atoms in total. The molecule has 0 N–H and O–H groups in total. The summed E-state index contributed by atoms with van der Waals surface area (Å²) in [5, 5.41) is 6.69. The van der Waals surface area contributed by atoms with Crippen LogP contribution in [0.1, 0.15) is 43.9 Å². The average molecular weight is 802 g/mol. The van der Waals surface area contributed by atoms with E-state index in [1.807, 2.05) is 76.2 Å². The van der Waals surface area contributed by atoms with Crippen LogP contribution in [-0.2, 0) is 27.5 Å². The van der Waals surface area contributed by atoms with Gasteiger partial charge in [0, 0.05) is 41.0 Å². The molecule has 3 heterocycles. The zero-order chi connectivity index (χ0) is 32.0. The Morgan fingerprint density at radius 3 is 2.38 bits per heavy atom. The van der Waals surface area contributed by atoms with Gasteiger partial charge < -0.3 is 9.30 Å². The monoisotopic (exact) mass is 801 g/mol. The van der Waals surface area contributed by atoms with Crippen molar-refractivity contribution >= 4 is 21.8 Å². The van der Waals surface area contributed by atoms with Crippen LogP contribution in [0, 0.1) is 37.2 Å². The van der Waals surface area contributed by atoms with Crippen molar-refractivity contribution in [1.82, 2.24) is 19.3 Å². The molecule has 0 aliphatic heterocycles. The van der Waals surface area contributed by atoms with Crippen molar-refractivity contribution in [2.45, 2.75) is 47.5 Å². The summed E-state index contributed by atoms with van der Waals surface area (Å²) in [5.74, 6) is 1.18. The molecule has 0 saturated heterocycles. The summed E-state index contributed by atoms with van der Waals surface area (Å²) < 4.78 is 24.2. The van der Waals surface area contributed by atoms with E-state index < -0.39 is 0 Å². The number of aryl methyl sites for hydroxylation is 3. The Morgan fingerprint density at radius 1 is 0.851 bits per heavy atom. The molecule has 4 aromatic carbocycles. The fraction of sp³-hybridized carbons (Fsp3) is 0.200. The summed E-state index contributed by atoms with van der Waals surface area (Å²) >= 11 is 0. The summed E-state index contributed by atoms with van der Waals surface area (Å²) in [6.07, 6.45) is 7.64. The number of rotatable bonds is 7. The number of aromatic nitrogens is 4. The topological polar surface area (TPSA) is 44.9 Å². The van der Waals surface area contributed by atoms with E-state index >= 15 is 0 Å². The van der Waals surface area contributed by atoms with Crippen molar-refractivity contribution < 1.29 is 30.2 Å². The first-order valence-electron chi connectivity index (χ1n) is 15.6. The molecule has 7 heteroatoms. The average Bonchev–Trinajstić information content (AvgIpc) is 3.63. The van der Waals surface area contributed by atoms with Crippen LogP contribution in [0.2, 0.25) is 0 Å². The van der Waals surface area contributed by atoms with E-state index in [0.29, 0.717) is 22.7 Å². The van der Waals surface area contributed by atoms with Gasteiger partial charge in [-0.25, -0.2) is 9.37 Å². The summed E-state index contributed by atoms with van der Waals surface area (Å²) in [7, 11) is 0. The Bertz CT molecular complexity index is 2200. The second-order valence-electron chi connectivity index (χ2n) is 13.1. The second-order valence-corrected chi connectivity index (χ2v) is 13.1. The summed E-state index contributed by atoms with van der Waals surface area (Å²) in [5.41, 5.74) is 8.89. The first-order valence-corrected chi connectivity index (χ1v) is 15.6. The standard InChI is InChI=1S/C40H35FN4O.Pt/c1-26-19-28(15-17-40(3,4)5)20-27(2)39(26)29-24-43-44(25-29)31-9-8-10-32(22-31)46-33-13-14-35-34-11-6-7-12-36(34)45(37(35)23-33)38-21-30(41)16-18-42-38;/h6-14,16,18-21,24-25H,15,17H2,1-5H3;/q-2;+2. The number of hydrogen-bond acceptors (Lipinski definition) is 3. The van der Waals surface area contributed by atoms with Gasteiger partial charge in [-0.15, -0.1) is 35.7 Å². The molecule has 7 aromatic rings. The van der Waals surface area contributed by atoms with E-state index in [0.717, 1.165) is 45.9 Å². The van der Waals surface area contributed by atoms with Crippen LogP contribution in [0.3, 0.4) is 0 Å². The molecule has 0 spiro atoms. The Kier molecular flexibility index (Phi) is 8.91. The van der Waals surface area contributed by atoms with Gasteiger partial charge in [-0.2, -0.15) is 17.2 Å². The quantitative estimate of drug-likeness (QED) is 0.151. The first-order chi connectivity index (χ1) is 22.1. The largest absolute Gasteiger partial charge is 2.00 e. The van der Waals surface area contributed by atoms with Gasteiger partial charge in [0.15, 0.2) is 0 Å². The smallest absolute Gasteiger partial charge is 0.509 e. The Balaban J connectivity index is 0.00000386. The number of halogens is 1. The van der Waals surface area contributed by atoms with Crippen molar-refractivity contribution in [2.24, 2.45) is 5.41 Å². The van der Waals surface area contributed by atoms with E-state index in [-0.39, 0.29) is 26.9 Å². The van der Waals surface area contributed by atoms with Crippen LogP contribution < -0.4 is 4.74 Å². The third kappa shape index (κ3) is 6.66. The normalized spacial score (nSPS) is 11.6. The maximum atomic E-state index is 14.2. The van der Waals surface area contributed by atoms with Crippen LogP contribution in [0.4, 0.5) is 4.39 Å². The molecule has 47 heavy (non-hydrogen) atoms. The zero-order valence-corrected chi connectivity index (χ0v) is 29.3. The summed E-state index contributed by atoms with van der Waals surface area (Å²) in [6, 6.07) is 31.8. The minimum atomic E-state index is -0.352. The van der Waals surface area contributed by atoms with Crippen LogP contribution in [0.5, 0.6) is 11.5 Å². The number of ether oxygens (including phenoxy) is 1. The SMILES string of the molecule is Cc1cc(CCC(C)(C)C)cc(C)c1-c1cnn(-c2[c-]c(Oc3[c-]c4c(cc3)c3ccccc3n4-c3cc(F)ccn3)ccc2)c1.[Pt+2]. The van der Waals surface area contributed by atoms with Crippen molar-refractivity contribution in [2.75, 3.05) is 0 Å². The van der Waals surface area contributed by atoms with Gasteiger partial charge in [-0.1, -0.05) is 56.6 Å². The number of benzene rings is 4. The van der Waals surface area contributed by atoms with Crippen molar-refractivity contribution in [3.05, 3.63) is 132 Å². The Labute approximate surface area is 289 Å². The molecule has 0 aliphatic rings. The number of nitrogens with zero attached hydrogens (tertiary/aromatic N) is 4. The van der Waals surface area contributed by atoms with Crippen molar-refractivity contribution in [3.8, 4) is 34.1 Å². The van der Waals surface area contributed by atoms with Crippen molar-refractivity contribution in [3.63, 3.8) is 0 Å². The molecular weight excluding hydrogens is 767 g/mol. The number of pyridine rings is 1. The second kappa shape index (κ2) is 12.9. The molecule has 238 valence electrons. The van der Waals surface area contributed by atoms with E-state index in [1.54, 1.807) is 0 Å². The van der Waals surface area contributed by atoms with E-state index in [4.69, 9.17) is 4.74 Å². The number of para-hydroxylation sites is 1. The minimum Gasteiger partial charge on any atom is -0.509 e. The molecular formula is C40H35FN4OPt. The van der Waals surface area contributed by atoms with E-state index in [1.165, 1.54) is 40.6 Å². The predicted molar refractivity (Wildman–Crippen MR) is 183 cm³/mol. The number of fused-ring (bicyclic) bond motifs is 3. The molecule has 0 bridgehead atoms. The van der Waals surface area contributed by atoms with Gasteiger partial charge in [-0.05, 0) is 77.6 Å². The fourth-order valence-corrected chi connectivity index (χ4v) is 6.19. The molecule has 0 atom stereocenters. The predicted octanol–water partition coefficient (Wildman–Crippen LogP) is 10.2. The number of hydrogen-bond donors (Lipinski definition) is 0. The van der Waals surface area contributed by atoms with Gasteiger partial charge in [0.25, 0.3) is 0 Å². The van der Waals surface area contributed by atoms with Crippen LogP contribution >= 0.6 is 0 Å². The third-order valence-corrected chi connectivity index (χ3v) is 8.34. The van der Waals surface area contributed by atoms with Crippen LogP contribution in [-0.4, -0.2) is 19.3 Å². The molecule has 0 radical (unpaired) electrons. The van der Waals surface area contributed by atoms with Gasteiger partial charge in [0.2, 0.25) is 0 Å². The Hall–Kier alpha value is -4.54. The van der Waals surface area contributed by atoms with Crippen LogP contribution in [0.25, 0.3) is 44.4 Å². The maximum Gasteiger partial charge on any atom is 2.00 e. The molecule has 0 amide bonds. The van der Waals surface area contributed by atoms with Crippen LogP contribution in [0.15, 0.2) is 97.5 Å². The fourth-order valence-electron chi connectivity index (χ4n) is 6.19. The summed E-state index contributed by atoms with van der Waals surface area (Å²) in [6.45, 7) is 11.2. The summed E-state index contributed by atoms with van der Waals surface area (Å²) in [4.78, 5) is 4.44. The van der Waals surface area contributed by atoms with E-state index in [9.17, 15) is 4.39 Å². The minimum absolute atomic E-state index is 0. The van der Waals surface area contributed by atoms with E-state index in [2.05, 4.69) is 69.0 Å². The van der Waals surface area contributed by atoms with Gasteiger partial charge in [0.1, 0.15) is 11.6 Å². The first kappa shape index (κ1) is 32.4. The van der Waals surface area contributed by atoms with Gasteiger partial charge in [0.05, 0.1) is 6.20 Å². The molecule has 0 saturated carbocycles.